The predicted molar refractivity (Wildman–Crippen MR) is 112 cm³/mol. The number of amides is 2. The molecule has 0 spiro atoms. The van der Waals surface area contributed by atoms with E-state index in [0.717, 1.165) is 0 Å². The van der Waals surface area contributed by atoms with Crippen LogP contribution in [0.3, 0.4) is 0 Å². The molecule has 148 valence electrons. The largest absolute Gasteiger partial charge is 0.497 e. The number of aromatic nitrogens is 2. The number of methoxy groups -OCH3 is 1. The molecule has 3 aromatic rings. The van der Waals surface area contributed by atoms with Crippen LogP contribution in [0.25, 0.3) is 0 Å². The van der Waals surface area contributed by atoms with Crippen molar-refractivity contribution in [3.8, 4) is 5.75 Å². The molecule has 0 aliphatic carbocycles. The number of benzene rings is 2. The highest BCUT2D eigenvalue weighted by atomic mass is 16.5. The zero-order valence-electron chi connectivity index (χ0n) is 16.3. The summed E-state index contributed by atoms with van der Waals surface area (Å²) in [4.78, 5) is 32.4. The molecule has 0 aliphatic rings. The highest BCUT2D eigenvalue weighted by Crippen LogP contribution is 2.21. The number of nitrogens with zero attached hydrogens (tertiary/aromatic N) is 2. The smallest absolute Gasteiger partial charge is 0.274 e. The van der Waals surface area contributed by atoms with Crippen molar-refractivity contribution in [1.29, 1.82) is 0 Å². The van der Waals surface area contributed by atoms with Crippen molar-refractivity contribution in [3.05, 3.63) is 66.1 Å². The summed E-state index contributed by atoms with van der Waals surface area (Å²) in [5.74, 6) is 1.04. The third-order valence-electron chi connectivity index (χ3n) is 3.85. The molecule has 3 rings (SSSR count). The normalized spacial score (nSPS) is 10.2. The van der Waals surface area contributed by atoms with Crippen LogP contribution < -0.4 is 20.7 Å². The van der Waals surface area contributed by atoms with Crippen LogP contribution in [-0.4, -0.2) is 28.9 Å². The number of hydrogen-bond acceptors (Lipinski definition) is 6. The molecule has 0 saturated heterocycles. The van der Waals surface area contributed by atoms with Gasteiger partial charge in [0.15, 0.2) is 0 Å². The van der Waals surface area contributed by atoms with Gasteiger partial charge in [0.25, 0.3) is 5.91 Å². The van der Waals surface area contributed by atoms with Crippen molar-refractivity contribution >= 4 is 34.7 Å². The molecule has 29 heavy (non-hydrogen) atoms. The van der Waals surface area contributed by atoms with Crippen LogP contribution in [0.5, 0.6) is 5.75 Å². The van der Waals surface area contributed by atoms with Gasteiger partial charge >= 0.3 is 0 Å². The van der Waals surface area contributed by atoms with Crippen molar-refractivity contribution in [2.75, 3.05) is 23.1 Å². The van der Waals surface area contributed by atoms with Gasteiger partial charge in [0.1, 0.15) is 23.1 Å². The third kappa shape index (κ3) is 5.52. The van der Waals surface area contributed by atoms with Crippen molar-refractivity contribution in [2.24, 2.45) is 0 Å². The molecule has 0 bridgehead atoms. The second-order valence-electron chi connectivity index (χ2n) is 6.26. The Labute approximate surface area is 168 Å². The van der Waals surface area contributed by atoms with Crippen LogP contribution in [0.15, 0.2) is 54.6 Å². The van der Waals surface area contributed by atoms with Gasteiger partial charge in [0.2, 0.25) is 5.91 Å². The van der Waals surface area contributed by atoms with E-state index in [0.29, 0.717) is 34.5 Å². The van der Waals surface area contributed by atoms with E-state index in [-0.39, 0.29) is 17.5 Å². The van der Waals surface area contributed by atoms with E-state index in [9.17, 15) is 9.59 Å². The molecule has 8 nitrogen and oxygen atoms in total. The Morgan fingerprint density at radius 1 is 0.897 bits per heavy atom. The standard InChI is InChI=1S/C21H21N5O3/c1-13-22-19(21(28)26-17-8-5-9-18(11-17)29-3)12-20(23-13)25-16-7-4-6-15(10-16)24-14(2)27/h4-12H,1-3H3,(H,24,27)(H,26,28)(H,22,23,25). The van der Waals surface area contributed by atoms with E-state index >= 15 is 0 Å². The molecule has 2 aromatic carbocycles. The molecule has 0 fully saturated rings. The molecule has 2 amide bonds. The Bertz CT molecular complexity index is 1050. The second-order valence-corrected chi connectivity index (χ2v) is 6.26. The molecule has 1 aromatic heterocycles. The van der Waals surface area contributed by atoms with Gasteiger partial charge in [-0.3, -0.25) is 9.59 Å². The van der Waals surface area contributed by atoms with Gasteiger partial charge in [0.05, 0.1) is 7.11 Å². The number of hydrogen-bond donors (Lipinski definition) is 3. The van der Waals surface area contributed by atoms with E-state index < -0.39 is 0 Å². The molecular formula is C21H21N5O3. The summed E-state index contributed by atoms with van der Waals surface area (Å²) in [5.41, 5.74) is 2.20. The molecule has 0 aliphatic heterocycles. The first-order valence-corrected chi connectivity index (χ1v) is 8.89. The molecular weight excluding hydrogens is 370 g/mol. The summed E-state index contributed by atoms with van der Waals surface area (Å²) in [5, 5.41) is 8.65. The van der Waals surface area contributed by atoms with E-state index in [4.69, 9.17) is 4.74 Å². The first-order valence-electron chi connectivity index (χ1n) is 8.89. The second kappa shape index (κ2) is 8.83. The van der Waals surface area contributed by atoms with Gasteiger partial charge in [-0.25, -0.2) is 9.97 Å². The van der Waals surface area contributed by atoms with E-state index in [1.165, 1.54) is 6.92 Å². The maximum Gasteiger partial charge on any atom is 0.274 e. The maximum atomic E-state index is 12.6. The number of aryl methyl sites for hydroxylation is 1. The molecule has 3 N–H and O–H groups in total. The Morgan fingerprint density at radius 2 is 1.59 bits per heavy atom. The summed E-state index contributed by atoms with van der Waals surface area (Å²) >= 11 is 0. The van der Waals surface area contributed by atoms with Gasteiger partial charge in [-0.2, -0.15) is 0 Å². The maximum absolute atomic E-state index is 12.6. The lowest BCUT2D eigenvalue weighted by molar-refractivity contribution is -0.114. The van der Waals surface area contributed by atoms with Crippen molar-refractivity contribution in [2.45, 2.75) is 13.8 Å². The highest BCUT2D eigenvalue weighted by Gasteiger charge is 2.12. The lowest BCUT2D eigenvalue weighted by Crippen LogP contribution is -2.15. The Balaban J connectivity index is 1.79. The van der Waals surface area contributed by atoms with Gasteiger partial charge in [-0.15, -0.1) is 0 Å². The lowest BCUT2D eigenvalue weighted by atomic mass is 10.2. The fraction of sp³-hybridized carbons (Fsp3) is 0.143. The monoisotopic (exact) mass is 391 g/mol. The Kier molecular flexibility index (Phi) is 6.03. The Morgan fingerprint density at radius 3 is 2.31 bits per heavy atom. The summed E-state index contributed by atoms with van der Waals surface area (Å²) < 4.78 is 5.17. The number of carbonyl (C=O) groups is 2. The van der Waals surface area contributed by atoms with E-state index in [1.54, 1.807) is 62.6 Å². The molecule has 0 radical (unpaired) electrons. The molecule has 1 heterocycles. The minimum Gasteiger partial charge on any atom is -0.497 e. The molecule has 0 saturated carbocycles. The van der Waals surface area contributed by atoms with Crippen molar-refractivity contribution < 1.29 is 14.3 Å². The average Bonchev–Trinajstić information content (AvgIpc) is 2.67. The summed E-state index contributed by atoms with van der Waals surface area (Å²) in [6.07, 6.45) is 0. The van der Waals surface area contributed by atoms with Gasteiger partial charge in [-0.05, 0) is 37.3 Å². The number of rotatable bonds is 6. The van der Waals surface area contributed by atoms with Gasteiger partial charge in [0, 0.05) is 36.1 Å². The van der Waals surface area contributed by atoms with E-state index in [1.807, 2.05) is 6.07 Å². The Hall–Kier alpha value is -3.94. The van der Waals surface area contributed by atoms with Crippen molar-refractivity contribution in [3.63, 3.8) is 0 Å². The van der Waals surface area contributed by atoms with Crippen LogP contribution >= 0.6 is 0 Å². The van der Waals surface area contributed by atoms with Crippen LogP contribution in [0.2, 0.25) is 0 Å². The number of ether oxygens (including phenoxy) is 1. The highest BCUT2D eigenvalue weighted by molar-refractivity contribution is 6.03. The fourth-order valence-corrected chi connectivity index (χ4v) is 2.67. The van der Waals surface area contributed by atoms with E-state index in [2.05, 4.69) is 25.9 Å². The molecule has 0 atom stereocenters. The van der Waals surface area contributed by atoms with Crippen LogP contribution in [0.4, 0.5) is 22.9 Å². The zero-order chi connectivity index (χ0) is 20.8. The quantitative estimate of drug-likeness (QED) is 0.591. The van der Waals surface area contributed by atoms with Crippen LogP contribution in [0.1, 0.15) is 23.2 Å². The number of nitrogens with one attached hydrogen (secondary N) is 3. The first-order chi connectivity index (χ1) is 13.9. The van der Waals surface area contributed by atoms with Gasteiger partial charge in [-0.1, -0.05) is 12.1 Å². The lowest BCUT2D eigenvalue weighted by Gasteiger charge is -2.11. The first kappa shape index (κ1) is 19.8. The topological polar surface area (TPSA) is 105 Å². The summed E-state index contributed by atoms with van der Waals surface area (Å²) in [6.45, 7) is 3.16. The number of anilines is 4. The fourth-order valence-electron chi connectivity index (χ4n) is 2.67. The molecule has 8 heteroatoms. The SMILES string of the molecule is COc1cccc(NC(=O)c2cc(Nc3cccc(NC(C)=O)c3)nc(C)n2)c1. The third-order valence-corrected chi connectivity index (χ3v) is 3.85. The summed E-state index contributed by atoms with van der Waals surface area (Å²) in [6, 6.07) is 15.8. The zero-order valence-corrected chi connectivity index (χ0v) is 16.3. The summed E-state index contributed by atoms with van der Waals surface area (Å²) in [7, 11) is 1.56. The average molecular weight is 391 g/mol. The predicted octanol–water partition coefficient (Wildman–Crippen LogP) is 3.75. The van der Waals surface area contributed by atoms with Crippen molar-refractivity contribution in [1.82, 2.24) is 9.97 Å². The van der Waals surface area contributed by atoms with Crippen LogP contribution in [0, 0.1) is 6.92 Å². The minimum absolute atomic E-state index is 0.156. The molecule has 0 unspecified atom stereocenters. The number of carbonyl (C=O) groups excluding carboxylic acids is 2. The van der Waals surface area contributed by atoms with Gasteiger partial charge < -0.3 is 20.7 Å². The van der Waals surface area contributed by atoms with Crippen LogP contribution in [-0.2, 0) is 4.79 Å². The minimum atomic E-state index is -0.362.